The highest BCUT2D eigenvalue weighted by molar-refractivity contribution is 14.0. The number of halogens is 2. The first-order chi connectivity index (χ1) is 11.6. The molecule has 1 aliphatic rings. The zero-order valence-corrected chi connectivity index (χ0v) is 19.2. The Bertz CT molecular complexity index is 534. The lowest BCUT2D eigenvalue weighted by molar-refractivity contribution is -0.0829. The minimum absolute atomic E-state index is 0. The largest absolute Gasteiger partial charge is 0.381 e. The van der Waals surface area contributed by atoms with E-state index in [2.05, 4.69) is 64.4 Å². The second kappa shape index (κ2) is 11.4. The molecule has 7 heteroatoms. The molecule has 1 fully saturated rings. The number of nitrogens with zero attached hydrogens (tertiary/aromatic N) is 2. The Morgan fingerprint density at radius 1 is 1.32 bits per heavy atom. The maximum Gasteiger partial charge on any atom is 0.194 e. The summed E-state index contributed by atoms with van der Waals surface area (Å²) in [6.45, 7) is 5.88. The van der Waals surface area contributed by atoms with Crippen molar-refractivity contribution < 1.29 is 9.47 Å². The number of methoxy groups -OCH3 is 1. The third-order valence-corrected chi connectivity index (χ3v) is 4.91. The molecule has 142 valence electrons. The van der Waals surface area contributed by atoms with Crippen LogP contribution in [0, 0.1) is 0 Å². The van der Waals surface area contributed by atoms with Crippen molar-refractivity contribution in [3.8, 4) is 0 Å². The number of hydrogen-bond acceptors (Lipinski definition) is 3. The Labute approximate surface area is 176 Å². The highest BCUT2D eigenvalue weighted by Gasteiger charge is 2.32. The number of rotatable bonds is 6. The van der Waals surface area contributed by atoms with Gasteiger partial charge in [-0.05, 0) is 24.6 Å². The van der Waals surface area contributed by atoms with E-state index in [9.17, 15) is 0 Å². The Hall–Kier alpha value is -0.380. The van der Waals surface area contributed by atoms with E-state index in [1.165, 1.54) is 5.56 Å². The SMILES string of the molecule is CCNC(=NCC1(OC)CCOCC1)N(C)Cc1ccc(Br)cc1.I. The molecule has 0 bridgehead atoms. The normalized spacial score (nSPS) is 16.9. The smallest absolute Gasteiger partial charge is 0.194 e. The first kappa shape index (κ1) is 22.7. The quantitative estimate of drug-likeness (QED) is 0.350. The van der Waals surface area contributed by atoms with Gasteiger partial charge in [0.1, 0.15) is 0 Å². The minimum atomic E-state index is -0.197. The van der Waals surface area contributed by atoms with Crippen LogP contribution in [0.2, 0.25) is 0 Å². The number of ether oxygens (including phenoxy) is 2. The fraction of sp³-hybridized carbons (Fsp3) is 0.611. The molecular weight excluding hydrogens is 497 g/mol. The number of benzene rings is 1. The monoisotopic (exact) mass is 525 g/mol. The van der Waals surface area contributed by atoms with Gasteiger partial charge in [-0.15, -0.1) is 24.0 Å². The van der Waals surface area contributed by atoms with E-state index in [1.54, 1.807) is 7.11 Å². The van der Waals surface area contributed by atoms with Crippen molar-refractivity contribution in [2.24, 2.45) is 4.99 Å². The van der Waals surface area contributed by atoms with Crippen LogP contribution >= 0.6 is 39.9 Å². The van der Waals surface area contributed by atoms with Gasteiger partial charge in [0.25, 0.3) is 0 Å². The fourth-order valence-corrected chi connectivity index (χ4v) is 3.06. The van der Waals surface area contributed by atoms with Gasteiger partial charge in [-0.2, -0.15) is 0 Å². The topological polar surface area (TPSA) is 46.1 Å². The molecule has 0 unspecified atom stereocenters. The summed E-state index contributed by atoms with van der Waals surface area (Å²) < 4.78 is 12.3. The third kappa shape index (κ3) is 7.03. The van der Waals surface area contributed by atoms with E-state index in [0.717, 1.165) is 49.6 Å². The Balaban J connectivity index is 0.00000312. The summed E-state index contributed by atoms with van der Waals surface area (Å²) in [7, 11) is 3.84. The Morgan fingerprint density at radius 3 is 2.52 bits per heavy atom. The van der Waals surface area contributed by atoms with Gasteiger partial charge in [0.15, 0.2) is 5.96 Å². The van der Waals surface area contributed by atoms with E-state index >= 15 is 0 Å². The third-order valence-electron chi connectivity index (χ3n) is 4.38. The number of nitrogens with one attached hydrogen (secondary N) is 1. The average molecular weight is 526 g/mol. The highest BCUT2D eigenvalue weighted by atomic mass is 127. The molecule has 0 saturated carbocycles. The number of guanidine groups is 1. The molecule has 1 heterocycles. The van der Waals surface area contributed by atoms with Crippen molar-refractivity contribution in [2.75, 3.05) is 40.5 Å². The summed E-state index contributed by atoms with van der Waals surface area (Å²) >= 11 is 3.47. The molecule has 25 heavy (non-hydrogen) atoms. The lowest BCUT2D eigenvalue weighted by atomic mass is 9.94. The van der Waals surface area contributed by atoms with Gasteiger partial charge in [-0.1, -0.05) is 28.1 Å². The van der Waals surface area contributed by atoms with Crippen LogP contribution in [-0.2, 0) is 16.0 Å². The summed E-state index contributed by atoms with van der Waals surface area (Å²) in [5.41, 5.74) is 1.05. The summed E-state index contributed by atoms with van der Waals surface area (Å²) in [6, 6.07) is 8.38. The Morgan fingerprint density at radius 2 is 1.96 bits per heavy atom. The van der Waals surface area contributed by atoms with Crippen LogP contribution in [0.1, 0.15) is 25.3 Å². The summed E-state index contributed by atoms with van der Waals surface area (Å²) in [5, 5.41) is 3.37. The van der Waals surface area contributed by atoms with Gasteiger partial charge in [-0.3, -0.25) is 4.99 Å². The zero-order chi connectivity index (χ0) is 17.4. The minimum Gasteiger partial charge on any atom is -0.381 e. The lowest BCUT2D eigenvalue weighted by Gasteiger charge is -2.35. The van der Waals surface area contributed by atoms with Crippen LogP contribution in [-0.4, -0.2) is 56.9 Å². The molecule has 0 spiro atoms. The molecule has 0 radical (unpaired) electrons. The van der Waals surface area contributed by atoms with E-state index in [4.69, 9.17) is 14.5 Å². The predicted octanol–water partition coefficient (Wildman–Crippen LogP) is 3.66. The molecule has 1 aromatic carbocycles. The molecule has 0 aliphatic carbocycles. The van der Waals surface area contributed by atoms with Crippen molar-refractivity contribution >= 4 is 45.9 Å². The van der Waals surface area contributed by atoms with Crippen LogP contribution in [0.15, 0.2) is 33.7 Å². The van der Waals surface area contributed by atoms with Gasteiger partial charge in [0.2, 0.25) is 0 Å². The van der Waals surface area contributed by atoms with Crippen molar-refractivity contribution in [1.29, 1.82) is 0 Å². The van der Waals surface area contributed by atoms with E-state index < -0.39 is 0 Å². The second-order valence-corrected chi connectivity index (χ2v) is 7.07. The van der Waals surface area contributed by atoms with Crippen molar-refractivity contribution in [3.05, 3.63) is 34.3 Å². The molecule has 1 saturated heterocycles. The summed E-state index contributed by atoms with van der Waals surface area (Å²) in [6.07, 6.45) is 1.78. The molecule has 1 N–H and O–H groups in total. The van der Waals surface area contributed by atoms with Crippen molar-refractivity contribution in [1.82, 2.24) is 10.2 Å². The van der Waals surface area contributed by atoms with Gasteiger partial charge in [0, 0.05) is 57.8 Å². The average Bonchev–Trinajstić information content (AvgIpc) is 2.61. The van der Waals surface area contributed by atoms with Gasteiger partial charge >= 0.3 is 0 Å². The van der Waals surface area contributed by atoms with Crippen molar-refractivity contribution in [3.63, 3.8) is 0 Å². The molecule has 0 atom stereocenters. The van der Waals surface area contributed by atoms with Gasteiger partial charge in [0.05, 0.1) is 12.1 Å². The van der Waals surface area contributed by atoms with Crippen LogP contribution in [0.4, 0.5) is 0 Å². The Kier molecular flexibility index (Phi) is 10.3. The molecule has 2 rings (SSSR count). The molecular formula is C18H29BrIN3O2. The van der Waals surface area contributed by atoms with Gasteiger partial charge in [-0.25, -0.2) is 0 Å². The van der Waals surface area contributed by atoms with E-state index in [0.29, 0.717) is 6.54 Å². The van der Waals surface area contributed by atoms with Crippen LogP contribution in [0.3, 0.4) is 0 Å². The maximum absolute atomic E-state index is 5.78. The summed E-state index contributed by atoms with van der Waals surface area (Å²) in [5.74, 6) is 0.906. The van der Waals surface area contributed by atoms with Crippen LogP contribution in [0.5, 0.6) is 0 Å². The lowest BCUT2D eigenvalue weighted by Crippen LogP contribution is -2.44. The molecule has 5 nitrogen and oxygen atoms in total. The summed E-state index contributed by atoms with van der Waals surface area (Å²) in [4.78, 5) is 6.98. The number of aliphatic imine (C=N–C) groups is 1. The molecule has 1 aliphatic heterocycles. The fourth-order valence-electron chi connectivity index (χ4n) is 2.80. The molecule has 1 aromatic rings. The van der Waals surface area contributed by atoms with E-state index in [1.807, 2.05) is 0 Å². The highest BCUT2D eigenvalue weighted by Crippen LogP contribution is 2.24. The number of hydrogen-bond donors (Lipinski definition) is 1. The van der Waals surface area contributed by atoms with Crippen LogP contribution < -0.4 is 5.32 Å². The second-order valence-electron chi connectivity index (χ2n) is 6.15. The van der Waals surface area contributed by atoms with E-state index in [-0.39, 0.29) is 29.6 Å². The van der Waals surface area contributed by atoms with Crippen molar-refractivity contribution in [2.45, 2.75) is 31.9 Å². The predicted molar refractivity (Wildman–Crippen MR) is 117 cm³/mol. The van der Waals surface area contributed by atoms with Gasteiger partial charge < -0.3 is 19.7 Å². The first-order valence-corrected chi connectivity index (χ1v) is 9.24. The zero-order valence-electron chi connectivity index (χ0n) is 15.3. The maximum atomic E-state index is 5.78. The molecule has 0 amide bonds. The van der Waals surface area contributed by atoms with Crippen LogP contribution in [0.25, 0.3) is 0 Å². The standard InChI is InChI=1S/C18H28BrN3O2.HI/c1-4-20-17(21-14-18(23-3)9-11-24-12-10-18)22(2)13-15-5-7-16(19)8-6-15;/h5-8H,4,9-14H2,1-3H3,(H,20,21);1H. The molecule has 0 aromatic heterocycles. The first-order valence-electron chi connectivity index (χ1n) is 8.45.